The number of hydrogen-bond acceptors (Lipinski definition) is 11. The normalized spacial score (nSPS) is 14.3. The molecule has 0 saturated carbocycles. The third-order valence-electron chi connectivity index (χ3n) is 12.7. The highest BCUT2D eigenvalue weighted by Gasteiger charge is 2.40. The molecule has 1 aliphatic rings. The van der Waals surface area contributed by atoms with Crippen LogP contribution in [0.15, 0.2) is 0 Å². The predicted octanol–water partition coefficient (Wildman–Crippen LogP) is 13.7. The highest BCUT2D eigenvalue weighted by atomic mass is 16.7. The van der Waals surface area contributed by atoms with E-state index in [1.54, 1.807) is 0 Å². The van der Waals surface area contributed by atoms with Gasteiger partial charge in [-0.25, -0.2) is 0 Å². The standard InChI is InChI=1S/C54H105NO10/c1-7-13-17-21-25-31-41-58-52(59-42-32-26-22-18-14-8-2)38-36-49(56)62-45-54(47-64-51(65-48-54)35-29-30-40-55(11-5)12-6)46-63-50(57)37-39-53(60-43-33-27-23-19-15-9-3)61-44-34-28-24-20-16-10-4/h51-53H,7-48H2,1-6H3. The van der Waals surface area contributed by atoms with Gasteiger partial charge in [0.2, 0.25) is 0 Å². The molecule has 0 aliphatic carbocycles. The lowest BCUT2D eigenvalue weighted by molar-refractivity contribution is -0.250. The van der Waals surface area contributed by atoms with Crippen molar-refractivity contribution in [2.24, 2.45) is 5.41 Å². The summed E-state index contributed by atoms with van der Waals surface area (Å²) in [7, 11) is 0. The molecule has 1 aliphatic heterocycles. The molecule has 0 aromatic rings. The van der Waals surface area contributed by atoms with Gasteiger partial charge in [0.1, 0.15) is 13.2 Å². The molecule has 0 bridgehead atoms. The van der Waals surface area contributed by atoms with Gasteiger partial charge in [-0.2, -0.15) is 0 Å². The van der Waals surface area contributed by atoms with Crippen molar-refractivity contribution >= 4 is 11.9 Å². The van der Waals surface area contributed by atoms with Crippen LogP contribution in [0, 0.1) is 5.41 Å². The number of rotatable bonds is 49. The minimum absolute atomic E-state index is 0.0288. The summed E-state index contributed by atoms with van der Waals surface area (Å²) in [6.45, 7) is 19.6. The highest BCUT2D eigenvalue weighted by Crippen LogP contribution is 2.29. The van der Waals surface area contributed by atoms with Gasteiger partial charge in [-0.1, -0.05) is 170 Å². The van der Waals surface area contributed by atoms with Crippen molar-refractivity contribution in [2.45, 2.75) is 259 Å². The molecule has 1 saturated heterocycles. The Morgan fingerprint density at radius 1 is 0.477 bits per heavy atom. The lowest BCUT2D eigenvalue weighted by atomic mass is 9.91. The molecule has 11 nitrogen and oxygen atoms in total. The third kappa shape index (κ3) is 36.3. The van der Waals surface area contributed by atoms with E-state index in [1.807, 2.05) is 0 Å². The Morgan fingerprint density at radius 2 is 0.815 bits per heavy atom. The van der Waals surface area contributed by atoms with Crippen LogP contribution in [0.25, 0.3) is 0 Å². The number of hydrogen-bond donors (Lipinski definition) is 0. The van der Waals surface area contributed by atoms with Crippen LogP contribution >= 0.6 is 0 Å². The maximum absolute atomic E-state index is 13.3. The SMILES string of the molecule is CCCCCCCCOC(CCC(=O)OCC1(COC(=O)CCC(OCCCCCCCC)OCCCCCCCC)COC(CCCCN(CC)CC)OC1)OCCCCCCCC. The second-order valence-corrected chi connectivity index (χ2v) is 18.9. The second kappa shape index (κ2) is 45.1. The Labute approximate surface area is 400 Å². The van der Waals surface area contributed by atoms with Gasteiger partial charge in [0.05, 0.1) is 31.5 Å². The van der Waals surface area contributed by atoms with Gasteiger partial charge in [-0.05, 0) is 64.6 Å². The van der Waals surface area contributed by atoms with Crippen LogP contribution in [0.3, 0.4) is 0 Å². The Hall–Kier alpha value is -1.34. The van der Waals surface area contributed by atoms with Crippen LogP contribution in [0.1, 0.15) is 241 Å². The van der Waals surface area contributed by atoms with Gasteiger partial charge in [0.15, 0.2) is 18.9 Å². The molecule has 11 heteroatoms. The largest absolute Gasteiger partial charge is 0.465 e. The summed E-state index contributed by atoms with van der Waals surface area (Å²) in [5.74, 6) is -0.670. The van der Waals surface area contributed by atoms with Crippen LogP contribution in [0.2, 0.25) is 0 Å². The number of carbonyl (C=O) groups is 2. The first-order valence-electron chi connectivity index (χ1n) is 27.6. The minimum atomic E-state index is -0.813. The Morgan fingerprint density at radius 3 is 1.15 bits per heavy atom. The Balaban J connectivity index is 2.84. The lowest BCUT2D eigenvalue weighted by Crippen LogP contribution is -2.48. The molecule has 0 aromatic heterocycles. The van der Waals surface area contributed by atoms with E-state index in [0.29, 0.717) is 39.3 Å². The highest BCUT2D eigenvalue weighted by molar-refractivity contribution is 5.70. The first kappa shape index (κ1) is 61.7. The fraction of sp³-hybridized carbons (Fsp3) is 0.963. The summed E-state index contributed by atoms with van der Waals surface area (Å²) in [4.78, 5) is 29.1. The fourth-order valence-corrected chi connectivity index (χ4v) is 8.09. The Kier molecular flexibility index (Phi) is 42.8. The van der Waals surface area contributed by atoms with Crippen LogP contribution in [-0.4, -0.2) is 108 Å². The summed E-state index contributed by atoms with van der Waals surface area (Å²) >= 11 is 0. The van der Waals surface area contributed by atoms with Crippen LogP contribution in [-0.2, 0) is 47.5 Å². The quantitative estimate of drug-likeness (QED) is 0.0330. The van der Waals surface area contributed by atoms with E-state index in [-0.39, 0.29) is 57.5 Å². The van der Waals surface area contributed by atoms with Crippen molar-refractivity contribution in [3.05, 3.63) is 0 Å². The van der Waals surface area contributed by atoms with Crippen molar-refractivity contribution < 1.29 is 47.5 Å². The smallest absolute Gasteiger partial charge is 0.305 e. The molecule has 0 unspecified atom stereocenters. The monoisotopic (exact) mass is 928 g/mol. The summed E-state index contributed by atoms with van der Waals surface area (Å²) in [5, 5.41) is 0. The first-order valence-corrected chi connectivity index (χ1v) is 27.6. The van der Waals surface area contributed by atoms with Gasteiger partial charge in [0.25, 0.3) is 0 Å². The van der Waals surface area contributed by atoms with Gasteiger partial charge in [0, 0.05) is 39.3 Å². The van der Waals surface area contributed by atoms with Crippen molar-refractivity contribution in [3.63, 3.8) is 0 Å². The molecular weight excluding hydrogens is 823 g/mol. The minimum Gasteiger partial charge on any atom is -0.465 e. The number of carbonyl (C=O) groups excluding carboxylic acids is 2. The maximum atomic E-state index is 13.3. The lowest BCUT2D eigenvalue weighted by Gasteiger charge is -2.39. The van der Waals surface area contributed by atoms with E-state index in [0.717, 1.165) is 90.3 Å². The van der Waals surface area contributed by atoms with Crippen molar-refractivity contribution in [1.29, 1.82) is 0 Å². The van der Waals surface area contributed by atoms with E-state index in [2.05, 4.69) is 46.4 Å². The summed E-state index contributed by atoms with van der Waals surface area (Å²) in [6, 6.07) is 0. The molecule has 1 fully saturated rings. The molecule has 1 heterocycles. The average Bonchev–Trinajstić information content (AvgIpc) is 3.32. The van der Waals surface area contributed by atoms with Crippen LogP contribution in [0.4, 0.5) is 0 Å². The maximum Gasteiger partial charge on any atom is 0.305 e. The Bertz CT molecular complexity index is 939. The molecule has 1 rings (SSSR count). The van der Waals surface area contributed by atoms with E-state index < -0.39 is 18.0 Å². The molecule has 0 aromatic carbocycles. The van der Waals surface area contributed by atoms with E-state index in [1.165, 1.54) is 103 Å². The molecule has 0 amide bonds. The number of unbranched alkanes of at least 4 members (excludes halogenated alkanes) is 21. The molecule has 65 heavy (non-hydrogen) atoms. The molecule has 0 atom stereocenters. The van der Waals surface area contributed by atoms with Gasteiger partial charge in [-0.3, -0.25) is 9.59 Å². The second-order valence-electron chi connectivity index (χ2n) is 18.9. The number of nitrogens with zero attached hydrogens (tertiary/aromatic N) is 1. The third-order valence-corrected chi connectivity index (χ3v) is 12.7. The van der Waals surface area contributed by atoms with Crippen LogP contribution in [0.5, 0.6) is 0 Å². The molecule has 386 valence electrons. The van der Waals surface area contributed by atoms with Gasteiger partial charge < -0.3 is 42.8 Å². The van der Waals surface area contributed by atoms with Crippen molar-refractivity contribution in [1.82, 2.24) is 4.90 Å². The van der Waals surface area contributed by atoms with Crippen molar-refractivity contribution in [3.8, 4) is 0 Å². The fourth-order valence-electron chi connectivity index (χ4n) is 8.09. The zero-order valence-corrected chi connectivity index (χ0v) is 43.5. The summed E-state index contributed by atoms with van der Waals surface area (Å²) < 4.78 is 49.1. The van der Waals surface area contributed by atoms with E-state index in [4.69, 9.17) is 37.9 Å². The predicted molar refractivity (Wildman–Crippen MR) is 265 cm³/mol. The van der Waals surface area contributed by atoms with E-state index in [9.17, 15) is 9.59 Å². The first-order chi connectivity index (χ1) is 31.8. The summed E-state index contributed by atoms with van der Waals surface area (Å²) in [6.07, 6.45) is 31.3. The number of esters is 2. The molecule has 0 N–H and O–H groups in total. The topological polar surface area (TPSA) is 111 Å². The average molecular weight is 928 g/mol. The summed E-state index contributed by atoms with van der Waals surface area (Å²) in [5.41, 5.74) is -0.813. The van der Waals surface area contributed by atoms with Crippen LogP contribution < -0.4 is 0 Å². The molecular formula is C54H105NO10. The zero-order valence-electron chi connectivity index (χ0n) is 43.5. The number of ether oxygens (including phenoxy) is 8. The zero-order chi connectivity index (χ0) is 47.3. The molecule has 0 radical (unpaired) electrons. The van der Waals surface area contributed by atoms with Gasteiger partial charge >= 0.3 is 11.9 Å². The van der Waals surface area contributed by atoms with E-state index >= 15 is 0 Å². The van der Waals surface area contributed by atoms with Crippen molar-refractivity contribution in [2.75, 3.05) is 72.5 Å². The molecule has 0 spiro atoms. The van der Waals surface area contributed by atoms with Gasteiger partial charge in [-0.15, -0.1) is 0 Å².